The first-order chi connectivity index (χ1) is 16.2. The number of fused-ring (bicyclic) bond motifs is 1. The van der Waals surface area contributed by atoms with Gasteiger partial charge >= 0.3 is 12.1 Å². The highest BCUT2D eigenvalue weighted by molar-refractivity contribution is 5.90. The van der Waals surface area contributed by atoms with E-state index in [1.54, 1.807) is 18.2 Å². The molecule has 0 aliphatic heterocycles. The van der Waals surface area contributed by atoms with Gasteiger partial charge in [-0.2, -0.15) is 23.0 Å². The predicted molar refractivity (Wildman–Crippen MR) is 117 cm³/mol. The smallest absolute Gasteiger partial charge is 0.418 e. The molecule has 0 radical (unpaired) electrons. The monoisotopic (exact) mass is 474 g/mol. The van der Waals surface area contributed by atoms with E-state index in [0.717, 1.165) is 30.0 Å². The Labute approximate surface area is 192 Å². The number of ether oxygens (including phenoxy) is 3. The third-order valence-electron chi connectivity index (χ3n) is 5.73. The SMILES string of the molecule is COC(=O)c1ccc(C(F)(F)F)c(-n2nc(-c3cc(OC)cc(OC)c3)c3c(c2=O)CCC3)c1. The van der Waals surface area contributed by atoms with Gasteiger partial charge in [0, 0.05) is 17.2 Å². The molecule has 0 unspecified atom stereocenters. The van der Waals surface area contributed by atoms with Crippen LogP contribution in [0.1, 0.15) is 33.5 Å². The summed E-state index contributed by atoms with van der Waals surface area (Å²) in [5.74, 6) is 0.0931. The Bertz CT molecular complexity index is 1310. The Hall–Kier alpha value is -3.82. The Kier molecular flexibility index (Phi) is 6.07. The van der Waals surface area contributed by atoms with Crippen molar-refractivity contribution in [2.45, 2.75) is 25.4 Å². The maximum absolute atomic E-state index is 13.9. The largest absolute Gasteiger partial charge is 0.497 e. The Morgan fingerprint density at radius 3 is 2.21 bits per heavy atom. The maximum Gasteiger partial charge on any atom is 0.418 e. The first-order valence-corrected chi connectivity index (χ1v) is 10.4. The maximum atomic E-state index is 13.9. The van der Waals surface area contributed by atoms with E-state index in [4.69, 9.17) is 9.47 Å². The normalized spacial score (nSPS) is 12.9. The van der Waals surface area contributed by atoms with Gasteiger partial charge < -0.3 is 14.2 Å². The molecule has 0 N–H and O–H groups in total. The molecule has 2 aromatic carbocycles. The van der Waals surface area contributed by atoms with Crippen molar-refractivity contribution in [1.29, 1.82) is 0 Å². The summed E-state index contributed by atoms with van der Waals surface area (Å²) in [5, 5.41) is 4.38. The molecule has 0 amide bonds. The fourth-order valence-electron chi connectivity index (χ4n) is 4.11. The summed E-state index contributed by atoms with van der Waals surface area (Å²) >= 11 is 0. The average molecular weight is 474 g/mol. The van der Waals surface area contributed by atoms with E-state index in [9.17, 15) is 22.8 Å². The van der Waals surface area contributed by atoms with Crippen LogP contribution in [0, 0.1) is 0 Å². The molecule has 0 saturated carbocycles. The first-order valence-electron chi connectivity index (χ1n) is 10.4. The molecule has 3 aromatic rings. The quantitative estimate of drug-likeness (QED) is 0.516. The molecule has 1 heterocycles. The Morgan fingerprint density at radius 2 is 1.62 bits per heavy atom. The average Bonchev–Trinajstić information content (AvgIpc) is 3.33. The van der Waals surface area contributed by atoms with E-state index in [1.807, 2.05) is 0 Å². The number of alkyl halides is 3. The number of carbonyl (C=O) groups is 1. The number of rotatable bonds is 5. The van der Waals surface area contributed by atoms with Crippen LogP contribution in [0.2, 0.25) is 0 Å². The summed E-state index contributed by atoms with van der Waals surface area (Å²) in [6.45, 7) is 0. The van der Waals surface area contributed by atoms with Crippen molar-refractivity contribution in [3.8, 4) is 28.4 Å². The van der Waals surface area contributed by atoms with E-state index in [-0.39, 0.29) is 5.56 Å². The van der Waals surface area contributed by atoms with Crippen LogP contribution in [0.15, 0.2) is 41.2 Å². The molecule has 178 valence electrons. The van der Waals surface area contributed by atoms with Crippen molar-refractivity contribution in [2.75, 3.05) is 21.3 Å². The summed E-state index contributed by atoms with van der Waals surface area (Å²) in [6, 6.07) is 7.73. The molecule has 1 aromatic heterocycles. The highest BCUT2D eigenvalue weighted by Gasteiger charge is 2.36. The van der Waals surface area contributed by atoms with Crippen LogP contribution in [0.3, 0.4) is 0 Å². The fraction of sp³-hybridized carbons (Fsp3) is 0.292. The van der Waals surface area contributed by atoms with Gasteiger partial charge in [0.25, 0.3) is 5.56 Å². The fourth-order valence-corrected chi connectivity index (χ4v) is 4.11. The molecule has 0 fully saturated rings. The standard InChI is InChI=1S/C24H21F3N2O5/c1-32-15-9-14(10-16(12-15)33-2)21-17-5-4-6-18(17)22(30)29(28-21)20-11-13(23(31)34-3)7-8-19(20)24(25,26)27/h7-12H,4-6H2,1-3H3. The molecule has 0 atom stereocenters. The molecule has 0 bridgehead atoms. The van der Waals surface area contributed by atoms with Gasteiger partial charge in [-0.05, 0) is 55.2 Å². The van der Waals surface area contributed by atoms with Crippen molar-refractivity contribution in [3.63, 3.8) is 0 Å². The molecule has 0 spiro atoms. The lowest BCUT2D eigenvalue weighted by atomic mass is 10.0. The topological polar surface area (TPSA) is 79.7 Å². The minimum absolute atomic E-state index is 0.135. The molecule has 1 aliphatic carbocycles. The number of methoxy groups -OCH3 is 3. The van der Waals surface area contributed by atoms with Crippen LogP contribution in [0.4, 0.5) is 13.2 Å². The van der Waals surface area contributed by atoms with Crippen LogP contribution in [0.5, 0.6) is 11.5 Å². The van der Waals surface area contributed by atoms with Gasteiger partial charge in [0.05, 0.1) is 43.8 Å². The lowest BCUT2D eigenvalue weighted by molar-refractivity contribution is -0.137. The van der Waals surface area contributed by atoms with Gasteiger partial charge in [0.2, 0.25) is 0 Å². The zero-order valence-electron chi connectivity index (χ0n) is 18.7. The number of hydrogen-bond acceptors (Lipinski definition) is 6. The van der Waals surface area contributed by atoms with Crippen LogP contribution in [0.25, 0.3) is 16.9 Å². The number of nitrogens with zero attached hydrogens (tertiary/aromatic N) is 2. The van der Waals surface area contributed by atoms with E-state index in [1.165, 1.54) is 14.2 Å². The van der Waals surface area contributed by atoms with Crippen molar-refractivity contribution in [3.05, 3.63) is 69.0 Å². The number of benzene rings is 2. The van der Waals surface area contributed by atoms with E-state index >= 15 is 0 Å². The molecular weight excluding hydrogens is 453 g/mol. The summed E-state index contributed by atoms with van der Waals surface area (Å²) in [4.78, 5) is 25.3. The van der Waals surface area contributed by atoms with Crippen LogP contribution >= 0.6 is 0 Å². The number of halogens is 3. The van der Waals surface area contributed by atoms with Crippen molar-refractivity contribution in [1.82, 2.24) is 9.78 Å². The zero-order valence-corrected chi connectivity index (χ0v) is 18.7. The number of carbonyl (C=O) groups excluding carboxylic acids is 1. The van der Waals surface area contributed by atoms with Gasteiger partial charge in [-0.3, -0.25) is 4.79 Å². The predicted octanol–water partition coefficient (Wildman–Crippen LogP) is 4.21. The lowest BCUT2D eigenvalue weighted by Gasteiger charge is -2.18. The number of esters is 1. The van der Waals surface area contributed by atoms with Crippen LogP contribution in [-0.2, 0) is 23.8 Å². The van der Waals surface area contributed by atoms with Crippen molar-refractivity contribution < 1.29 is 32.2 Å². The zero-order chi connectivity index (χ0) is 24.6. The van der Waals surface area contributed by atoms with Gasteiger partial charge in [0.15, 0.2) is 0 Å². The second kappa shape index (κ2) is 8.85. The molecule has 4 rings (SSSR count). The van der Waals surface area contributed by atoms with E-state index in [0.29, 0.717) is 53.1 Å². The summed E-state index contributed by atoms with van der Waals surface area (Å²) in [5.41, 5.74) is -0.490. The molecule has 34 heavy (non-hydrogen) atoms. The van der Waals surface area contributed by atoms with E-state index in [2.05, 4.69) is 9.84 Å². The van der Waals surface area contributed by atoms with E-state index < -0.39 is 29.0 Å². The van der Waals surface area contributed by atoms with Gasteiger partial charge in [-0.1, -0.05) is 0 Å². The summed E-state index contributed by atoms with van der Waals surface area (Å²) < 4.78 is 57.7. The lowest BCUT2D eigenvalue weighted by Crippen LogP contribution is -2.28. The van der Waals surface area contributed by atoms with Gasteiger partial charge in [0.1, 0.15) is 11.5 Å². The van der Waals surface area contributed by atoms with Crippen LogP contribution < -0.4 is 15.0 Å². The summed E-state index contributed by atoms with van der Waals surface area (Å²) in [7, 11) is 4.07. The van der Waals surface area contributed by atoms with Crippen molar-refractivity contribution in [2.24, 2.45) is 0 Å². The minimum Gasteiger partial charge on any atom is -0.497 e. The molecular formula is C24H21F3N2O5. The van der Waals surface area contributed by atoms with Crippen molar-refractivity contribution >= 4 is 5.97 Å². The summed E-state index contributed by atoms with van der Waals surface area (Å²) in [6.07, 6.45) is -3.16. The highest BCUT2D eigenvalue weighted by atomic mass is 19.4. The number of hydrogen-bond donors (Lipinski definition) is 0. The minimum atomic E-state index is -4.79. The molecule has 0 saturated heterocycles. The van der Waals surface area contributed by atoms with Gasteiger partial charge in [-0.25, -0.2) is 4.79 Å². The Balaban J connectivity index is 2.04. The number of aromatic nitrogens is 2. The van der Waals surface area contributed by atoms with Crippen LogP contribution in [-0.4, -0.2) is 37.1 Å². The third kappa shape index (κ3) is 4.11. The molecule has 7 nitrogen and oxygen atoms in total. The second-order valence-electron chi connectivity index (χ2n) is 7.70. The Morgan fingerprint density at radius 1 is 0.971 bits per heavy atom. The molecule has 1 aliphatic rings. The molecule has 10 heteroatoms. The highest BCUT2D eigenvalue weighted by Crippen LogP contribution is 2.37. The first kappa shape index (κ1) is 23.3. The van der Waals surface area contributed by atoms with Gasteiger partial charge in [-0.15, -0.1) is 0 Å². The second-order valence-corrected chi connectivity index (χ2v) is 7.70. The third-order valence-corrected chi connectivity index (χ3v) is 5.73.